The molecule has 3 nitrogen and oxygen atoms in total. The Morgan fingerprint density at radius 2 is 2.14 bits per heavy atom. The maximum absolute atomic E-state index is 9.71. The lowest BCUT2D eigenvalue weighted by atomic mass is 10.0. The number of aryl methyl sites for hydroxylation is 1. The molecule has 1 heterocycles. The molecule has 80 valence electrons. The molecule has 0 amide bonds. The topological polar surface area (TPSA) is 38.0 Å². The highest BCUT2D eigenvalue weighted by Crippen LogP contribution is 2.10. The first-order chi connectivity index (χ1) is 6.58. The lowest BCUT2D eigenvalue weighted by molar-refractivity contribution is 0.155. The van der Waals surface area contributed by atoms with Crippen LogP contribution in [0.3, 0.4) is 0 Å². The summed E-state index contributed by atoms with van der Waals surface area (Å²) in [7, 11) is 1.89. The van der Waals surface area contributed by atoms with Gasteiger partial charge in [-0.3, -0.25) is 4.68 Å². The van der Waals surface area contributed by atoms with Crippen molar-refractivity contribution < 1.29 is 5.11 Å². The zero-order valence-electron chi connectivity index (χ0n) is 9.27. The standard InChI is InChI=1S/C11H20N2O/c1-9(2)4-5-11(14)8-10-6-7-13(3)12-10/h6-7,9,11,14H,4-5,8H2,1-3H3. The van der Waals surface area contributed by atoms with Gasteiger partial charge in [-0.1, -0.05) is 13.8 Å². The van der Waals surface area contributed by atoms with E-state index in [-0.39, 0.29) is 6.10 Å². The normalized spacial score (nSPS) is 13.5. The van der Waals surface area contributed by atoms with Crippen LogP contribution >= 0.6 is 0 Å². The maximum Gasteiger partial charge on any atom is 0.0650 e. The van der Waals surface area contributed by atoms with Crippen molar-refractivity contribution in [3.05, 3.63) is 18.0 Å². The Morgan fingerprint density at radius 3 is 2.64 bits per heavy atom. The predicted molar refractivity (Wildman–Crippen MR) is 57.0 cm³/mol. The van der Waals surface area contributed by atoms with Crippen molar-refractivity contribution in [1.82, 2.24) is 9.78 Å². The number of nitrogens with zero attached hydrogens (tertiary/aromatic N) is 2. The molecule has 1 N–H and O–H groups in total. The minimum absolute atomic E-state index is 0.243. The summed E-state index contributed by atoms with van der Waals surface area (Å²) in [5.74, 6) is 0.661. The van der Waals surface area contributed by atoms with Crippen molar-refractivity contribution in [2.45, 2.75) is 39.2 Å². The molecular formula is C11H20N2O. The minimum atomic E-state index is -0.243. The molecule has 1 aromatic rings. The van der Waals surface area contributed by atoms with Crippen molar-refractivity contribution in [3.8, 4) is 0 Å². The van der Waals surface area contributed by atoms with E-state index < -0.39 is 0 Å². The van der Waals surface area contributed by atoms with Crippen LogP contribution in [0, 0.1) is 5.92 Å². The van der Waals surface area contributed by atoms with Gasteiger partial charge in [0.05, 0.1) is 11.8 Å². The number of rotatable bonds is 5. The van der Waals surface area contributed by atoms with Crippen LogP contribution in [0.2, 0.25) is 0 Å². The number of aliphatic hydroxyl groups is 1. The summed E-state index contributed by atoms with van der Waals surface area (Å²) in [4.78, 5) is 0. The number of hydrogen-bond donors (Lipinski definition) is 1. The second kappa shape index (κ2) is 5.15. The molecule has 0 saturated carbocycles. The Labute approximate surface area is 85.8 Å². The van der Waals surface area contributed by atoms with Gasteiger partial charge in [-0.05, 0) is 24.8 Å². The number of hydrogen-bond acceptors (Lipinski definition) is 2. The average Bonchev–Trinajstić information content (AvgIpc) is 2.48. The molecule has 0 aliphatic rings. The monoisotopic (exact) mass is 196 g/mol. The highest BCUT2D eigenvalue weighted by molar-refractivity contribution is 5.00. The molecule has 3 heteroatoms. The van der Waals surface area contributed by atoms with Crippen molar-refractivity contribution in [1.29, 1.82) is 0 Å². The van der Waals surface area contributed by atoms with Gasteiger partial charge in [-0.2, -0.15) is 5.10 Å². The van der Waals surface area contributed by atoms with Gasteiger partial charge in [0.15, 0.2) is 0 Å². The Balaban J connectivity index is 2.30. The third kappa shape index (κ3) is 3.92. The van der Waals surface area contributed by atoms with Gasteiger partial charge in [0.25, 0.3) is 0 Å². The fourth-order valence-electron chi connectivity index (χ4n) is 1.44. The van der Waals surface area contributed by atoms with E-state index in [1.165, 1.54) is 0 Å². The highest BCUT2D eigenvalue weighted by Gasteiger charge is 2.08. The zero-order chi connectivity index (χ0) is 10.6. The van der Waals surface area contributed by atoms with Crippen LogP contribution < -0.4 is 0 Å². The molecule has 0 radical (unpaired) electrons. The summed E-state index contributed by atoms with van der Waals surface area (Å²) < 4.78 is 1.77. The smallest absolute Gasteiger partial charge is 0.0650 e. The van der Waals surface area contributed by atoms with E-state index in [4.69, 9.17) is 0 Å². The van der Waals surface area contributed by atoms with E-state index >= 15 is 0 Å². The summed E-state index contributed by atoms with van der Waals surface area (Å²) in [6, 6.07) is 1.96. The first kappa shape index (κ1) is 11.2. The molecule has 1 aromatic heterocycles. The van der Waals surface area contributed by atoms with Crippen molar-refractivity contribution in [2.24, 2.45) is 13.0 Å². The summed E-state index contributed by atoms with van der Waals surface area (Å²) in [5, 5.41) is 13.9. The van der Waals surface area contributed by atoms with Crippen LogP contribution in [0.15, 0.2) is 12.3 Å². The van der Waals surface area contributed by atoms with Crippen LogP contribution in [-0.2, 0) is 13.5 Å². The van der Waals surface area contributed by atoms with Gasteiger partial charge in [0, 0.05) is 19.7 Å². The molecule has 0 fully saturated rings. The van der Waals surface area contributed by atoms with E-state index in [1.807, 2.05) is 19.3 Å². The first-order valence-electron chi connectivity index (χ1n) is 5.24. The zero-order valence-corrected chi connectivity index (χ0v) is 9.27. The Kier molecular flexibility index (Phi) is 4.14. The Hall–Kier alpha value is -0.830. The van der Waals surface area contributed by atoms with Crippen molar-refractivity contribution >= 4 is 0 Å². The molecule has 1 unspecified atom stereocenters. The Morgan fingerprint density at radius 1 is 1.43 bits per heavy atom. The first-order valence-corrected chi connectivity index (χ1v) is 5.24. The molecular weight excluding hydrogens is 176 g/mol. The molecule has 14 heavy (non-hydrogen) atoms. The largest absolute Gasteiger partial charge is 0.393 e. The van der Waals surface area contributed by atoms with E-state index in [0.717, 1.165) is 18.5 Å². The molecule has 0 aromatic carbocycles. The number of aliphatic hydroxyl groups excluding tert-OH is 1. The third-order valence-electron chi connectivity index (χ3n) is 2.29. The van der Waals surface area contributed by atoms with E-state index in [9.17, 15) is 5.11 Å². The van der Waals surface area contributed by atoms with Crippen LogP contribution in [0.4, 0.5) is 0 Å². The fourth-order valence-corrected chi connectivity index (χ4v) is 1.44. The third-order valence-corrected chi connectivity index (χ3v) is 2.29. The van der Waals surface area contributed by atoms with Gasteiger partial charge in [0.2, 0.25) is 0 Å². The van der Waals surface area contributed by atoms with Gasteiger partial charge >= 0.3 is 0 Å². The average molecular weight is 196 g/mol. The van der Waals surface area contributed by atoms with Gasteiger partial charge in [-0.15, -0.1) is 0 Å². The summed E-state index contributed by atoms with van der Waals surface area (Å²) >= 11 is 0. The van der Waals surface area contributed by atoms with Crippen molar-refractivity contribution in [3.63, 3.8) is 0 Å². The molecule has 0 aliphatic heterocycles. The quantitative estimate of drug-likeness (QED) is 0.779. The highest BCUT2D eigenvalue weighted by atomic mass is 16.3. The van der Waals surface area contributed by atoms with Gasteiger partial charge < -0.3 is 5.11 Å². The fraction of sp³-hybridized carbons (Fsp3) is 0.727. The molecule has 1 atom stereocenters. The Bertz CT molecular complexity index is 268. The lowest BCUT2D eigenvalue weighted by Gasteiger charge is -2.10. The van der Waals surface area contributed by atoms with E-state index in [2.05, 4.69) is 18.9 Å². The molecule has 1 rings (SSSR count). The lowest BCUT2D eigenvalue weighted by Crippen LogP contribution is -2.12. The summed E-state index contributed by atoms with van der Waals surface area (Å²) in [5.41, 5.74) is 0.976. The SMILES string of the molecule is CC(C)CCC(O)Cc1ccn(C)n1. The van der Waals surface area contributed by atoms with Crippen LogP contribution in [0.25, 0.3) is 0 Å². The summed E-state index contributed by atoms with van der Waals surface area (Å²) in [6.07, 6.45) is 4.28. The van der Waals surface area contributed by atoms with E-state index in [1.54, 1.807) is 4.68 Å². The minimum Gasteiger partial charge on any atom is -0.393 e. The predicted octanol–water partition coefficient (Wildman–Crippen LogP) is 1.76. The molecule has 0 saturated heterocycles. The second-order valence-corrected chi connectivity index (χ2v) is 4.31. The number of aromatic nitrogens is 2. The van der Waals surface area contributed by atoms with Crippen LogP contribution in [-0.4, -0.2) is 21.0 Å². The van der Waals surface area contributed by atoms with Gasteiger partial charge in [0.1, 0.15) is 0 Å². The second-order valence-electron chi connectivity index (χ2n) is 4.31. The molecule has 0 aliphatic carbocycles. The van der Waals surface area contributed by atoms with Crippen LogP contribution in [0.1, 0.15) is 32.4 Å². The van der Waals surface area contributed by atoms with E-state index in [0.29, 0.717) is 12.3 Å². The summed E-state index contributed by atoms with van der Waals surface area (Å²) in [6.45, 7) is 4.35. The van der Waals surface area contributed by atoms with Crippen LogP contribution in [0.5, 0.6) is 0 Å². The molecule has 0 bridgehead atoms. The van der Waals surface area contributed by atoms with Crippen molar-refractivity contribution in [2.75, 3.05) is 0 Å². The maximum atomic E-state index is 9.71. The molecule has 0 spiro atoms. The van der Waals surface area contributed by atoms with Gasteiger partial charge in [-0.25, -0.2) is 0 Å².